The van der Waals surface area contributed by atoms with Crippen molar-refractivity contribution in [2.45, 2.75) is 33.4 Å². The van der Waals surface area contributed by atoms with Crippen LogP contribution >= 0.6 is 12.2 Å². The van der Waals surface area contributed by atoms with Crippen LogP contribution in [0.1, 0.15) is 26.3 Å². The third-order valence-corrected chi connectivity index (χ3v) is 3.95. The highest BCUT2D eigenvalue weighted by atomic mass is 32.1. The van der Waals surface area contributed by atoms with Crippen molar-refractivity contribution in [3.63, 3.8) is 0 Å². The molecule has 5 nitrogen and oxygen atoms in total. The van der Waals surface area contributed by atoms with Crippen LogP contribution in [0.3, 0.4) is 0 Å². The predicted molar refractivity (Wildman–Crippen MR) is 93.0 cm³/mol. The molecule has 22 heavy (non-hydrogen) atoms. The summed E-state index contributed by atoms with van der Waals surface area (Å²) in [6.07, 6.45) is -0.295. The molecule has 0 saturated carbocycles. The Labute approximate surface area is 137 Å². The number of carboxylic acid groups (broad SMARTS) is 1. The van der Waals surface area contributed by atoms with Gasteiger partial charge in [0.2, 0.25) is 0 Å². The topological polar surface area (TPSA) is 55.8 Å². The van der Waals surface area contributed by atoms with Crippen LogP contribution in [0.2, 0.25) is 0 Å². The normalized spacial score (nSPS) is 12.0. The molecular formula is C16H25N3O2S. The molecule has 1 atom stereocenters. The average molecular weight is 323 g/mol. The Kier molecular flexibility index (Phi) is 7.84. The van der Waals surface area contributed by atoms with Gasteiger partial charge in [-0.05, 0) is 37.8 Å². The average Bonchev–Trinajstić information content (AvgIpc) is 2.49. The molecular weight excluding hydrogens is 298 g/mol. The third-order valence-electron chi connectivity index (χ3n) is 3.61. The number of nitrogens with one attached hydrogen (secondary N) is 1. The molecule has 122 valence electrons. The summed E-state index contributed by atoms with van der Waals surface area (Å²) in [7, 11) is 0. The number of likely N-dealkylation sites (N-methyl/N-ethyl adjacent to an activating group) is 1. The van der Waals surface area contributed by atoms with Gasteiger partial charge in [0.05, 0.1) is 6.17 Å². The highest BCUT2D eigenvalue weighted by Gasteiger charge is 2.21. The fraction of sp³-hybridized carbons (Fsp3) is 0.500. The fourth-order valence-corrected chi connectivity index (χ4v) is 2.70. The Bertz CT molecular complexity index is 478. The van der Waals surface area contributed by atoms with Gasteiger partial charge >= 0.3 is 6.09 Å². The Morgan fingerprint density at radius 1 is 1.18 bits per heavy atom. The number of amides is 1. The maximum absolute atomic E-state index is 11.2. The molecule has 0 fully saturated rings. The molecule has 2 N–H and O–H groups in total. The summed E-state index contributed by atoms with van der Waals surface area (Å²) in [6.45, 7) is 8.00. The molecule has 0 heterocycles. The standard InChI is InChI=1S/C16H25N3O2S/c1-4-18(5-2)14(12-13-10-8-7-9-11-13)17-15(22)19(6-3)16(20)21/h7-11,14H,4-6,12H2,1-3H3,(H,17,22)(H,20,21). The van der Waals surface area contributed by atoms with Crippen LogP contribution in [-0.4, -0.2) is 51.9 Å². The van der Waals surface area contributed by atoms with Gasteiger partial charge in [0, 0.05) is 13.0 Å². The number of hydrogen-bond acceptors (Lipinski definition) is 3. The number of hydrogen-bond donors (Lipinski definition) is 2. The quantitative estimate of drug-likeness (QED) is 0.597. The fourth-order valence-electron chi connectivity index (χ4n) is 2.36. The Hall–Kier alpha value is -1.66. The summed E-state index contributed by atoms with van der Waals surface area (Å²) in [4.78, 5) is 14.6. The summed E-state index contributed by atoms with van der Waals surface area (Å²) >= 11 is 5.27. The van der Waals surface area contributed by atoms with E-state index in [0.717, 1.165) is 24.4 Å². The summed E-state index contributed by atoms with van der Waals surface area (Å²) < 4.78 is 0. The van der Waals surface area contributed by atoms with Crippen molar-refractivity contribution in [1.29, 1.82) is 0 Å². The van der Waals surface area contributed by atoms with E-state index in [1.165, 1.54) is 5.56 Å². The van der Waals surface area contributed by atoms with Gasteiger partial charge in [-0.15, -0.1) is 0 Å². The van der Waals surface area contributed by atoms with E-state index in [-0.39, 0.29) is 11.3 Å². The Balaban J connectivity index is 2.86. The summed E-state index contributed by atoms with van der Waals surface area (Å²) in [5.41, 5.74) is 1.19. The van der Waals surface area contributed by atoms with Gasteiger partial charge in [-0.25, -0.2) is 4.79 Å². The van der Waals surface area contributed by atoms with Crippen molar-refractivity contribution in [3.05, 3.63) is 35.9 Å². The van der Waals surface area contributed by atoms with Crippen LogP contribution in [0.15, 0.2) is 30.3 Å². The molecule has 0 aliphatic heterocycles. The van der Waals surface area contributed by atoms with Gasteiger partial charge in [0.15, 0.2) is 5.11 Å². The molecule has 1 aromatic rings. The first-order valence-electron chi connectivity index (χ1n) is 7.62. The van der Waals surface area contributed by atoms with Crippen molar-refractivity contribution < 1.29 is 9.90 Å². The van der Waals surface area contributed by atoms with Crippen LogP contribution in [-0.2, 0) is 6.42 Å². The van der Waals surface area contributed by atoms with Crippen molar-refractivity contribution in [2.75, 3.05) is 19.6 Å². The van der Waals surface area contributed by atoms with E-state index in [0.29, 0.717) is 6.54 Å². The molecule has 0 spiro atoms. The molecule has 1 aromatic carbocycles. The molecule has 1 amide bonds. The first-order chi connectivity index (χ1) is 10.5. The SMILES string of the molecule is CCN(C(=O)O)C(=S)NC(Cc1ccccc1)N(CC)CC. The van der Waals surface area contributed by atoms with Gasteiger partial charge in [-0.2, -0.15) is 0 Å². The lowest BCUT2D eigenvalue weighted by molar-refractivity contribution is 0.165. The smallest absolute Gasteiger partial charge is 0.413 e. The second-order valence-electron chi connectivity index (χ2n) is 4.90. The van der Waals surface area contributed by atoms with E-state index in [1.54, 1.807) is 6.92 Å². The van der Waals surface area contributed by atoms with Crippen LogP contribution in [0, 0.1) is 0 Å². The van der Waals surface area contributed by atoms with E-state index < -0.39 is 6.09 Å². The lowest BCUT2D eigenvalue weighted by atomic mass is 10.1. The van der Waals surface area contributed by atoms with Crippen LogP contribution in [0.5, 0.6) is 0 Å². The van der Waals surface area contributed by atoms with E-state index >= 15 is 0 Å². The Morgan fingerprint density at radius 2 is 1.77 bits per heavy atom. The van der Waals surface area contributed by atoms with E-state index in [4.69, 9.17) is 12.2 Å². The predicted octanol–water partition coefficient (Wildman–Crippen LogP) is 2.77. The highest BCUT2D eigenvalue weighted by molar-refractivity contribution is 7.80. The lowest BCUT2D eigenvalue weighted by Gasteiger charge is -2.33. The number of carbonyl (C=O) groups is 1. The van der Waals surface area contributed by atoms with Crippen LogP contribution < -0.4 is 5.32 Å². The largest absolute Gasteiger partial charge is 0.465 e. The molecule has 0 radical (unpaired) electrons. The van der Waals surface area contributed by atoms with E-state index in [9.17, 15) is 9.90 Å². The molecule has 0 aliphatic carbocycles. The van der Waals surface area contributed by atoms with Gasteiger partial charge in [0.25, 0.3) is 0 Å². The van der Waals surface area contributed by atoms with E-state index in [1.807, 2.05) is 18.2 Å². The van der Waals surface area contributed by atoms with Gasteiger partial charge < -0.3 is 10.4 Å². The maximum atomic E-state index is 11.2. The number of nitrogens with zero attached hydrogens (tertiary/aromatic N) is 2. The molecule has 6 heteroatoms. The zero-order valence-corrected chi connectivity index (χ0v) is 14.3. The minimum Gasteiger partial charge on any atom is -0.465 e. The van der Waals surface area contributed by atoms with Crippen molar-refractivity contribution in [2.24, 2.45) is 0 Å². The van der Waals surface area contributed by atoms with Gasteiger partial charge in [-0.1, -0.05) is 44.2 Å². The van der Waals surface area contributed by atoms with Crippen molar-refractivity contribution in [1.82, 2.24) is 15.1 Å². The monoisotopic (exact) mass is 323 g/mol. The summed E-state index contributed by atoms with van der Waals surface area (Å²) in [6, 6.07) is 10.1. The van der Waals surface area contributed by atoms with Gasteiger partial charge in [0.1, 0.15) is 0 Å². The van der Waals surface area contributed by atoms with Crippen LogP contribution in [0.25, 0.3) is 0 Å². The Morgan fingerprint density at radius 3 is 2.23 bits per heavy atom. The molecule has 0 aromatic heterocycles. The molecule has 1 rings (SSSR count). The second kappa shape index (κ2) is 9.38. The highest BCUT2D eigenvalue weighted by Crippen LogP contribution is 2.08. The summed E-state index contributed by atoms with van der Waals surface area (Å²) in [5.74, 6) is 0. The maximum Gasteiger partial charge on any atom is 0.413 e. The first-order valence-corrected chi connectivity index (χ1v) is 8.03. The molecule has 0 saturated heterocycles. The number of thiocarbonyl (C=S) groups is 1. The van der Waals surface area contributed by atoms with Crippen LogP contribution in [0.4, 0.5) is 4.79 Å². The third kappa shape index (κ3) is 5.27. The lowest BCUT2D eigenvalue weighted by Crippen LogP contribution is -2.54. The van der Waals surface area contributed by atoms with Gasteiger partial charge in [-0.3, -0.25) is 9.80 Å². The first kappa shape index (κ1) is 18.4. The zero-order valence-electron chi connectivity index (χ0n) is 13.5. The minimum absolute atomic E-state index is 0.0294. The second-order valence-corrected chi connectivity index (χ2v) is 5.29. The van der Waals surface area contributed by atoms with Crippen molar-refractivity contribution in [3.8, 4) is 0 Å². The molecule has 0 bridgehead atoms. The number of benzene rings is 1. The number of rotatable bonds is 7. The minimum atomic E-state index is -1.03. The molecule has 1 unspecified atom stereocenters. The summed E-state index contributed by atoms with van der Waals surface area (Å²) in [5, 5.41) is 12.6. The van der Waals surface area contributed by atoms with E-state index in [2.05, 4.69) is 36.2 Å². The zero-order chi connectivity index (χ0) is 16.5. The van der Waals surface area contributed by atoms with Crippen molar-refractivity contribution >= 4 is 23.4 Å². The molecule has 0 aliphatic rings.